The van der Waals surface area contributed by atoms with Gasteiger partial charge in [-0.2, -0.15) is 48.5 Å². The van der Waals surface area contributed by atoms with Crippen LogP contribution < -0.4 is 24.8 Å². The van der Waals surface area contributed by atoms with Crippen LogP contribution >= 0.6 is 0 Å². The summed E-state index contributed by atoms with van der Waals surface area (Å²) in [6, 6.07) is 51.1. The van der Waals surface area contributed by atoms with Crippen molar-refractivity contribution in [1.29, 1.82) is 0 Å². The van der Waals surface area contributed by atoms with Gasteiger partial charge in [0.2, 0.25) is 0 Å². The fourth-order valence-electron chi connectivity index (χ4n) is 5.30. The van der Waals surface area contributed by atoms with E-state index in [0.29, 0.717) is 0 Å². The fraction of sp³-hybridized carbons (Fsp3) is 0.182. The topological polar surface area (TPSA) is 0 Å². The molecule has 0 atom stereocenters. The Bertz CT molecular complexity index is 1720. The van der Waals surface area contributed by atoms with E-state index >= 15 is 0 Å². The molecule has 0 aliphatic heterocycles. The Balaban J connectivity index is 0. The van der Waals surface area contributed by atoms with Crippen LogP contribution in [0.3, 0.4) is 0 Å². The van der Waals surface area contributed by atoms with Crippen molar-refractivity contribution in [1.82, 2.24) is 0 Å². The van der Waals surface area contributed by atoms with Crippen molar-refractivity contribution in [3.8, 4) is 0 Å². The van der Waals surface area contributed by atoms with E-state index in [1.165, 1.54) is 65.3 Å². The first kappa shape index (κ1) is 50.2. The van der Waals surface area contributed by atoms with Crippen molar-refractivity contribution in [2.24, 2.45) is 0 Å². The second-order valence-corrected chi connectivity index (χ2v) is 13.4. The average molecular weight is 1060 g/mol. The molecule has 0 unspecified atom stereocenters. The molecule has 0 saturated carbocycles. The van der Waals surface area contributed by atoms with Crippen LogP contribution in [0.1, 0.15) is 22.3 Å². The smallest absolute Gasteiger partial charge is 0.0307 e. The van der Waals surface area contributed by atoms with E-state index in [9.17, 15) is 0 Å². The summed E-state index contributed by atoms with van der Waals surface area (Å²) < 4.78 is 0. The molecule has 8 rings (SSSR count). The molecule has 6 heteroatoms. The molecule has 50 heavy (non-hydrogen) atoms. The van der Waals surface area contributed by atoms with Crippen molar-refractivity contribution in [3.63, 3.8) is 0 Å². The summed E-state index contributed by atoms with van der Waals surface area (Å²) in [5, 5.41) is 10.9. The first-order valence-corrected chi connectivity index (χ1v) is 20.0. The van der Waals surface area contributed by atoms with E-state index in [2.05, 4.69) is 199 Å². The maximum absolute atomic E-state index is 2.16. The Morgan fingerprint density at radius 3 is 0.680 bits per heavy atom. The Hall–Kier alpha value is -1.93. The summed E-state index contributed by atoms with van der Waals surface area (Å²) in [5.41, 5.74) is 5.45. The Morgan fingerprint density at radius 2 is 0.520 bits per heavy atom. The summed E-state index contributed by atoms with van der Waals surface area (Å²) in [6.07, 6.45) is 0. The molecule has 0 heterocycles. The first-order valence-electron chi connectivity index (χ1n) is 16.0. The van der Waals surface area contributed by atoms with Crippen molar-refractivity contribution in [3.05, 3.63) is 168 Å². The van der Waals surface area contributed by atoms with Gasteiger partial charge in [0, 0.05) is 70.7 Å². The minimum atomic E-state index is 0. The van der Waals surface area contributed by atoms with E-state index in [-0.39, 0.29) is 76.5 Å². The Kier molecular flexibility index (Phi) is 27.8. The first-order chi connectivity index (χ1) is 22.3. The molecule has 0 aliphatic carbocycles. The molecule has 0 bridgehead atoms. The van der Waals surface area contributed by atoms with Gasteiger partial charge >= 0.3 is 0 Å². The molecule has 8 aromatic rings. The molecule has 260 valence electrons. The quantitative estimate of drug-likeness (QED) is 0.113. The van der Waals surface area contributed by atoms with Gasteiger partial charge in [-0.15, -0.1) is 116 Å². The zero-order chi connectivity index (χ0) is 33.3. The SMILES string of the molecule is C[Si]C.C[Si]C.Cc1cccc2[cH-]ccc12.Cc1cccc2[cH-]ccc12.Cc1cccc2[cH-]ccc12.Cc1cccc2[cH-]ccc12.[Cl-].[Cl-].[Hf].[Hf]. The predicted octanol–water partition coefficient (Wildman–Crippen LogP) is 7.05. The van der Waals surface area contributed by atoms with Gasteiger partial charge in [-0.3, -0.25) is 0 Å². The summed E-state index contributed by atoms with van der Waals surface area (Å²) in [6.45, 7) is 17.2. The number of aryl methyl sites for hydroxylation is 4. The van der Waals surface area contributed by atoms with E-state index in [1.807, 2.05) is 0 Å². The summed E-state index contributed by atoms with van der Waals surface area (Å²) in [4.78, 5) is 0. The maximum Gasteiger partial charge on any atom is 0.0307 e. The molecule has 0 amide bonds. The second kappa shape index (κ2) is 27.7. The molecular weight excluding hydrogens is 1010 g/mol. The van der Waals surface area contributed by atoms with Gasteiger partial charge < -0.3 is 24.8 Å². The van der Waals surface area contributed by atoms with Gasteiger partial charge in [-0.25, -0.2) is 0 Å². The predicted molar refractivity (Wildman–Crippen MR) is 212 cm³/mol. The molecule has 0 nitrogen and oxygen atoms in total. The zero-order valence-corrected chi connectivity index (χ0v) is 41.3. The van der Waals surface area contributed by atoms with Crippen LogP contribution in [0.15, 0.2) is 146 Å². The van der Waals surface area contributed by atoms with Crippen molar-refractivity contribution in [2.45, 2.75) is 53.9 Å². The fourth-order valence-corrected chi connectivity index (χ4v) is 5.30. The third kappa shape index (κ3) is 15.4. The molecule has 8 aromatic carbocycles. The molecule has 0 saturated heterocycles. The number of halogens is 2. The molecular formula is C44H48Cl2Hf2Si2-6. The molecule has 0 N–H and O–H groups in total. The van der Waals surface area contributed by atoms with Crippen LogP contribution in [0.4, 0.5) is 0 Å². The number of rotatable bonds is 0. The van der Waals surface area contributed by atoms with E-state index in [4.69, 9.17) is 0 Å². The van der Waals surface area contributed by atoms with Gasteiger partial charge in [0.15, 0.2) is 0 Å². The van der Waals surface area contributed by atoms with Gasteiger partial charge in [0.25, 0.3) is 0 Å². The minimum absolute atomic E-state index is 0. The third-order valence-corrected chi connectivity index (χ3v) is 7.59. The van der Waals surface area contributed by atoms with E-state index in [0.717, 1.165) is 19.0 Å². The van der Waals surface area contributed by atoms with E-state index < -0.39 is 0 Å². The molecule has 0 aromatic heterocycles. The van der Waals surface area contributed by atoms with Crippen molar-refractivity contribution < 1.29 is 76.5 Å². The molecule has 0 fully saturated rings. The van der Waals surface area contributed by atoms with Crippen LogP contribution in [0, 0.1) is 27.7 Å². The second-order valence-electron chi connectivity index (χ2n) is 11.4. The number of hydrogen-bond acceptors (Lipinski definition) is 0. The molecule has 0 aliphatic rings. The van der Waals surface area contributed by atoms with Crippen LogP contribution in [0.2, 0.25) is 26.2 Å². The molecule has 0 spiro atoms. The van der Waals surface area contributed by atoms with Gasteiger partial charge in [0.1, 0.15) is 0 Å². The van der Waals surface area contributed by atoms with Crippen molar-refractivity contribution >= 4 is 62.1 Å². The van der Waals surface area contributed by atoms with Crippen LogP contribution in [-0.2, 0) is 51.7 Å². The standard InChI is InChI=1S/4C10H9.2C2H6Si.2ClH.2Hf/c4*1-8-4-2-5-9-6-3-7-10(8)9;2*1-3-2;;;;/h4*2-7H,1H3;2*1-2H3;2*1H;;/q4*-1;;;;;;/p-2. The van der Waals surface area contributed by atoms with E-state index in [1.54, 1.807) is 0 Å². The number of fused-ring (bicyclic) bond motifs is 4. The zero-order valence-electron chi connectivity index (χ0n) is 30.6. The van der Waals surface area contributed by atoms with Crippen LogP contribution in [-0.4, -0.2) is 19.0 Å². The maximum atomic E-state index is 2.16. The van der Waals surface area contributed by atoms with Gasteiger partial charge in [-0.1, -0.05) is 72.7 Å². The Morgan fingerprint density at radius 1 is 0.340 bits per heavy atom. The van der Waals surface area contributed by atoms with Crippen LogP contribution in [0.25, 0.3) is 43.1 Å². The summed E-state index contributed by atoms with van der Waals surface area (Å²) in [5.74, 6) is 0. The van der Waals surface area contributed by atoms with Gasteiger partial charge in [-0.05, 0) is 27.7 Å². The third-order valence-electron chi connectivity index (χ3n) is 7.59. The van der Waals surface area contributed by atoms with Gasteiger partial charge in [0.05, 0.1) is 0 Å². The Labute approximate surface area is 357 Å². The summed E-state index contributed by atoms with van der Waals surface area (Å²) >= 11 is 0. The van der Waals surface area contributed by atoms with Crippen LogP contribution in [0.5, 0.6) is 0 Å². The number of benzene rings is 4. The average Bonchev–Trinajstić information content (AvgIpc) is 3.87. The minimum Gasteiger partial charge on any atom is -1.00 e. The summed E-state index contributed by atoms with van der Waals surface area (Å²) in [7, 11) is 2.17. The normalized spacial score (nSPS) is 9.12. The largest absolute Gasteiger partial charge is 1.00 e. The molecule has 4 radical (unpaired) electrons. The number of hydrogen-bond donors (Lipinski definition) is 0. The van der Waals surface area contributed by atoms with Crippen molar-refractivity contribution in [2.75, 3.05) is 0 Å². The monoisotopic (exact) mass is 1060 g/mol.